The zero-order valence-electron chi connectivity index (χ0n) is 11.4. The number of nitrogens with zero attached hydrogens (tertiary/aromatic N) is 1. The van der Waals surface area contributed by atoms with Gasteiger partial charge in [0.1, 0.15) is 5.75 Å². The van der Waals surface area contributed by atoms with Crippen molar-refractivity contribution in [3.05, 3.63) is 29.8 Å². The molecule has 112 valence electrons. The van der Waals surface area contributed by atoms with Crippen LogP contribution in [0.15, 0.2) is 24.3 Å². The van der Waals surface area contributed by atoms with Gasteiger partial charge in [0.25, 0.3) is 6.43 Å². The molecular formula is C14H19F2NO3. The molecule has 1 atom stereocenters. The van der Waals surface area contributed by atoms with Gasteiger partial charge in [-0.1, -0.05) is 12.1 Å². The zero-order valence-corrected chi connectivity index (χ0v) is 11.4. The van der Waals surface area contributed by atoms with Crippen LogP contribution in [-0.4, -0.2) is 55.4 Å². The number of β-amino-alcohol motifs (C(OH)–C–C–N with tert-alkyl or cyclic N) is 1. The van der Waals surface area contributed by atoms with Crippen molar-refractivity contribution in [1.82, 2.24) is 4.90 Å². The lowest BCUT2D eigenvalue weighted by atomic mass is 10.1. The highest BCUT2D eigenvalue weighted by atomic mass is 19.3. The normalized spacial score (nSPS) is 24.6. The standard InChI is InChI=1S/C14H19F2NO3/c1-19-12-4-2-11(3-5-12)8-17-6-7-20-10-14(18,9-17)13(15)16/h2-5,13,18H,6-10H2,1H3. The molecule has 1 aliphatic heterocycles. The molecule has 1 heterocycles. The summed E-state index contributed by atoms with van der Waals surface area (Å²) in [4.78, 5) is 1.78. The molecule has 0 aliphatic carbocycles. The van der Waals surface area contributed by atoms with E-state index in [0.717, 1.165) is 11.3 Å². The first-order chi connectivity index (χ1) is 9.53. The first kappa shape index (κ1) is 15.2. The summed E-state index contributed by atoms with van der Waals surface area (Å²) in [6, 6.07) is 7.41. The van der Waals surface area contributed by atoms with Crippen LogP contribution in [-0.2, 0) is 11.3 Å². The smallest absolute Gasteiger partial charge is 0.270 e. The lowest BCUT2D eigenvalue weighted by Crippen LogP contribution is -2.49. The van der Waals surface area contributed by atoms with Crippen molar-refractivity contribution < 1.29 is 23.4 Å². The van der Waals surface area contributed by atoms with Crippen molar-refractivity contribution in [1.29, 1.82) is 0 Å². The molecule has 1 fully saturated rings. The van der Waals surface area contributed by atoms with E-state index in [1.165, 1.54) is 0 Å². The van der Waals surface area contributed by atoms with Gasteiger partial charge in [0, 0.05) is 19.6 Å². The van der Waals surface area contributed by atoms with E-state index in [9.17, 15) is 13.9 Å². The van der Waals surface area contributed by atoms with Gasteiger partial charge in [0.15, 0.2) is 5.60 Å². The SMILES string of the molecule is COc1ccc(CN2CCOCC(O)(C(F)F)C2)cc1. The van der Waals surface area contributed by atoms with E-state index < -0.39 is 12.0 Å². The summed E-state index contributed by atoms with van der Waals surface area (Å²) in [6.45, 7) is 0.912. The van der Waals surface area contributed by atoms with Gasteiger partial charge < -0.3 is 14.6 Å². The molecule has 20 heavy (non-hydrogen) atoms. The lowest BCUT2D eigenvalue weighted by molar-refractivity contribution is -0.133. The van der Waals surface area contributed by atoms with Crippen molar-refractivity contribution in [3.63, 3.8) is 0 Å². The summed E-state index contributed by atoms with van der Waals surface area (Å²) in [5, 5.41) is 9.92. The molecule has 1 aliphatic rings. The number of alkyl halides is 2. The highest BCUT2D eigenvalue weighted by Crippen LogP contribution is 2.22. The minimum atomic E-state index is -2.82. The Labute approximate surface area is 116 Å². The zero-order chi connectivity index (χ0) is 14.6. The summed E-state index contributed by atoms with van der Waals surface area (Å²) >= 11 is 0. The van der Waals surface area contributed by atoms with Crippen LogP contribution in [0.3, 0.4) is 0 Å². The Bertz CT molecular complexity index is 427. The van der Waals surface area contributed by atoms with E-state index in [0.29, 0.717) is 19.7 Å². The topological polar surface area (TPSA) is 41.9 Å². The monoisotopic (exact) mass is 287 g/mol. The number of hydrogen-bond acceptors (Lipinski definition) is 4. The van der Waals surface area contributed by atoms with Gasteiger partial charge in [-0.15, -0.1) is 0 Å². The fourth-order valence-corrected chi connectivity index (χ4v) is 2.21. The van der Waals surface area contributed by atoms with E-state index in [4.69, 9.17) is 9.47 Å². The fraction of sp³-hybridized carbons (Fsp3) is 0.571. The third kappa shape index (κ3) is 3.65. The summed E-state index contributed by atoms with van der Waals surface area (Å²) in [5.41, 5.74) is -1.12. The molecule has 1 saturated heterocycles. The molecule has 4 nitrogen and oxygen atoms in total. The Morgan fingerprint density at radius 3 is 2.70 bits per heavy atom. The molecule has 1 aromatic rings. The van der Waals surface area contributed by atoms with E-state index in [1.54, 1.807) is 12.0 Å². The molecule has 0 bridgehead atoms. The van der Waals surface area contributed by atoms with Gasteiger partial charge >= 0.3 is 0 Å². The van der Waals surface area contributed by atoms with Crippen molar-refractivity contribution in [2.75, 3.05) is 33.4 Å². The van der Waals surface area contributed by atoms with Crippen LogP contribution in [0.5, 0.6) is 5.75 Å². The highest BCUT2D eigenvalue weighted by molar-refractivity contribution is 5.27. The predicted octanol–water partition coefficient (Wildman–Crippen LogP) is 1.52. The largest absolute Gasteiger partial charge is 0.497 e. The maximum absolute atomic E-state index is 12.9. The van der Waals surface area contributed by atoms with Crippen molar-refractivity contribution in [3.8, 4) is 5.75 Å². The average molecular weight is 287 g/mol. The van der Waals surface area contributed by atoms with Gasteiger partial charge in [0.2, 0.25) is 0 Å². The third-order valence-electron chi connectivity index (χ3n) is 3.37. The minimum Gasteiger partial charge on any atom is -0.497 e. The molecule has 2 rings (SSSR count). The fourth-order valence-electron chi connectivity index (χ4n) is 2.21. The van der Waals surface area contributed by atoms with Crippen molar-refractivity contribution in [2.45, 2.75) is 18.6 Å². The van der Waals surface area contributed by atoms with Crippen LogP contribution < -0.4 is 4.74 Å². The van der Waals surface area contributed by atoms with Crippen molar-refractivity contribution >= 4 is 0 Å². The van der Waals surface area contributed by atoms with Gasteiger partial charge in [-0.3, -0.25) is 4.90 Å². The summed E-state index contributed by atoms with van der Waals surface area (Å²) in [6.07, 6.45) is -2.82. The average Bonchev–Trinajstić information content (AvgIpc) is 2.62. The second-order valence-electron chi connectivity index (χ2n) is 5.02. The number of aliphatic hydroxyl groups is 1. The molecule has 1 unspecified atom stereocenters. The van der Waals surface area contributed by atoms with Crippen LogP contribution in [0.1, 0.15) is 5.56 Å². The quantitative estimate of drug-likeness (QED) is 0.912. The van der Waals surface area contributed by atoms with Gasteiger partial charge in [0.05, 0.1) is 20.3 Å². The predicted molar refractivity (Wildman–Crippen MR) is 70.0 cm³/mol. The number of halogens is 2. The molecule has 1 aromatic carbocycles. The first-order valence-corrected chi connectivity index (χ1v) is 6.47. The maximum atomic E-state index is 12.9. The second-order valence-corrected chi connectivity index (χ2v) is 5.02. The number of benzene rings is 1. The number of methoxy groups -OCH3 is 1. The molecule has 1 N–H and O–H groups in total. The van der Waals surface area contributed by atoms with Gasteiger partial charge in [-0.25, -0.2) is 8.78 Å². The van der Waals surface area contributed by atoms with Crippen LogP contribution in [0.2, 0.25) is 0 Å². The Balaban J connectivity index is 2.03. The molecule has 0 saturated carbocycles. The first-order valence-electron chi connectivity index (χ1n) is 6.47. The van der Waals surface area contributed by atoms with Crippen LogP contribution in [0.25, 0.3) is 0 Å². The molecule has 0 radical (unpaired) electrons. The van der Waals surface area contributed by atoms with E-state index >= 15 is 0 Å². The Kier molecular flexibility index (Phi) is 4.91. The summed E-state index contributed by atoms with van der Waals surface area (Å²) in [5.74, 6) is 0.747. The molecular weight excluding hydrogens is 268 g/mol. The van der Waals surface area contributed by atoms with E-state index in [2.05, 4.69) is 0 Å². The van der Waals surface area contributed by atoms with Crippen LogP contribution >= 0.6 is 0 Å². The second kappa shape index (κ2) is 6.47. The Hall–Kier alpha value is -1.24. The molecule has 0 amide bonds. The Morgan fingerprint density at radius 1 is 1.40 bits per heavy atom. The van der Waals surface area contributed by atoms with Gasteiger partial charge in [-0.2, -0.15) is 0 Å². The Morgan fingerprint density at radius 2 is 2.10 bits per heavy atom. The van der Waals surface area contributed by atoms with Crippen LogP contribution in [0, 0.1) is 0 Å². The summed E-state index contributed by atoms with van der Waals surface area (Å²) in [7, 11) is 1.59. The number of rotatable bonds is 4. The van der Waals surface area contributed by atoms with E-state index in [1.807, 2.05) is 24.3 Å². The third-order valence-corrected chi connectivity index (χ3v) is 3.37. The number of hydrogen-bond donors (Lipinski definition) is 1. The minimum absolute atomic E-state index is 0.101. The van der Waals surface area contributed by atoms with Crippen molar-refractivity contribution in [2.24, 2.45) is 0 Å². The van der Waals surface area contributed by atoms with E-state index in [-0.39, 0.29) is 13.2 Å². The highest BCUT2D eigenvalue weighted by Gasteiger charge is 2.41. The van der Waals surface area contributed by atoms with Crippen LogP contribution in [0.4, 0.5) is 8.78 Å². The maximum Gasteiger partial charge on any atom is 0.270 e. The van der Waals surface area contributed by atoms with Gasteiger partial charge in [-0.05, 0) is 17.7 Å². The molecule has 0 spiro atoms. The number of ether oxygens (including phenoxy) is 2. The molecule has 0 aromatic heterocycles. The summed E-state index contributed by atoms with van der Waals surface area (Å²) < 4.78 is 36.0. The molecule has 6 heteroatoms. The lowest BCUT2D eigenvalue weighted by Gasteiger charge is -2.29.